The van der Waals surface area contributed by atoms with Gasteiger partial charge in [-0.2, -0.15) is 0 Å². The lowest BCUT2D eigenvalue weighted by atomic mass is 10.1. The number of β-amino-alcohol motifs (C(OH)–C–C–N with tert-alkyl or cyclic N) is 1. The van der Waals surface area contributed by atoms with Crippen LogP contribution in [0.25, 0.3) is 0 Å². The van der Waals surface area contributed by atoms with Crippen LogP contribution in [0.3, 0.4) is 0 Å². The Labute approximate surface area is 94.1 Å². The Morgan fingerprint density at radius 3 is 1.93 bits per heavy atom. The molecule has 90 valence electrons. The molecule has 1 aliphatic heterocycles. The fourth-order valence-electron chi connectivity index (χ4n) is 1.94. The summed E-state index contributed by atoms with van der Waals surface area (Å²) >= 11 is 0. The molecule has 1 rings (SSSR count). The van der Waals surface area contributed by atoms with Gasteiger partial charge in [0.25, 0.3) is 0 Å². The molecule has 1 saturated heterocycles. The van der Waals surface area contributed by atoms with Crippen LogP contribution in [0.1, 0.15) is 27.7 Å². The van der Waals surface area contributed by atoms with E-state index in [-0.39, 0.29) is 6.10 Å². The molecule has 15 heavy (non-hydrogen) atoms. The van der Waals surface area contributed by atoms with E-state index in [2.05, 4.69) is 37.5 Å². The Hall–Kier alpha value is -0.120. The number of aliphatic hydroxyl groups excluding tert-OH is 1. The van der Waals surface area contributed by atoms with Crippen LogP contribution in [0.5, 0.6) is 0 Å². The minimum absolute atomic E-state index is 0.171. The second kappa shape index (κ2) is 5.83. The van der Waals surface area contributed by atoms with Gasteiger partial charge < -0.3 is 5.11 Å². The summed E-state index contributed by atoms with van der Waals surface area (Å²) in [5.74, 6) is 0.369. The van der Waals surface area contributed by atoms with Crippen molar-refractivity contribution in [3.63, 3.8) is 0 Å². The Morgan fingerprint density at radius 2 is 1.53 bits per heavy atom. The second-order valence-electron chi connectivity index (χ2n) is 5.24. The summed E-state index contributed by atoms with van der Waals surface area (Å²) in [6.45, 7) is 14.0. The monoisotopic (exact) mass is 214 g/mol. The molecule has 0 saturated carbocycles. The first-order chi connectivity index (χ1) is 7.00. The topological polar surface area (TPSA) is 26.7 Å². The summed E-state index contributed by atoms with van der Waals surface area (Å²) in [7, 11) is 0. The Bertz CT molecular complexity index is 174. The Balaban J connectivity index is 2.25. The second-order valence-corrected chi connectivity index (χ2v) is 5.24. The van der Waals surface area contributed by atoms with E-state index in [1.165, 1.54) is 0 Å². The first-order valence-corrected chi connectivity index (χ1v) is 6.15. The molecule has 0 aromatic rings. The van der Waals surface area contributed by atoms with Gasteiger partial charge in [0.2, 0.25) is 0 Å². The molecule has 0 aliphatic carbocycles. The van der Waals surface area contributed by atoms with E-state index in [0.717, 1.165) is 32.7 Å². The zero-order valence-electron chi connectivity index (χ0n) is 10.6. The van der Waals surface area contributed by atoms with Gasteiger partial charge >= 0.3 is 0 Å². The quantitative estimate of drug-likeness (QED) is 0.757. The van der Waals surface area contributed by atoms with Crippen LogP contribution >= 0.6 is 0 Å². The van der Waals surface area contributed by atoms with Crippen LogP contribution in [0, 0.1) is 5.92 Å². The summed E-state index contributed by atoms with van der Waals surface area (Å²) in [6, 6.07) is 0.655. The minimum atomic E-state index is -0.171. The van der Waals surface area contributed by atoms with Gasteiger partial charge in [-0.25, -0.2) is 0 Å². The maximum atomic E-state index is 9.80. The van der Waals surface area contributed by atoms with E-state index in [1.54, 1.807) is 0 Å². The maximum Gasteiger partial charge on any atom is 0.0689 e. The minimum Gasteiger partial charge on any atom is -0.392 e. The van der Waals surface area contributed by atoms with E-state index < -0.39 is 0 Å². The summed E-state index contributed by atoms with van der Waals surface area (Å²) in [5.41, 5.74) is 0. The molecule has 1 atom stereocenters. The third kappa shape index (κ3) is 4.09. The van der Waals surface area contributed by atoms with Crippen molar-refractivity contribution >= 4 is 0 Å². The van der Waals surface area contributed by atoms with Crippen LogP contribution in [-0.2, 0) is 0 Å². The van der Waals surface area contributed by atoms with Crippen molar-refractivity contribution in [3.8, 4) is 0 Å². The highest BCUT2D eigenvalue weighted by Crippen LogP contribution is 2.09. The van der Waals surface area contributed by atoms with Gasteiger partial charge in [-0.05, 0) is 19.8 Å². The summed E-state index contributed by atoms with van der Waals surface area (Å²) in [5, 5.41) is 9.80. The lowest BCUT2D eigenvalue weighted by Gasteiger charge is -2.38. The Morgan fingerprint density at radius 1 is 1.00 bits per heavy atom. The van der Waals surface area contributed by atoms with Gasteiger partial charge in [0.15, 0.2) is 0 Å². The van der Waals surface area contributed by atoms with Crippen molar-refractivity contribution in [2.75, 3.05) is 32.7 Å². The highest BCUT2D eigenvalue weighted by Gasteiger charge is 2.21. The first-order valence-electron chi connectivity index (χ1n) is 6.15. The fourth-order valence-corrected chi connectivity index (χ4v) is 1.94. The molecule has 1 aliphatic rings. The number of nitrogens with zero attached hydrogens (tertiary/aromatic N) is 2. The summed E-state index contributed by atoms with van der Waals surface area (Å²) < 4.78 is 0. The zero-order chi connectivity index (χ0) is 11.4. The molecule has 0 amide bonds. The molecule has 0 spiro atoms. The smallest absolute Gasteiger partial charge is 0.0689 e. The SMILES string of the molecule is CC(C)C(O)CN1CCN(C(C)C)CC1. The number of rotatable bonds is 4. The lowest BCUT2D eigenvalue weighted by Crippen LogP contribution is -2.50. The Kier molecular flexibility index (Phi) is 5.03. The molecule has 1 unspecified atom stereocenters. The molecule has 0 aromatic heterocycles. The van der Waals surface area contributed by atoms with E-state index in [9.17, 15) is 5.11 Å². The van der Waals surface area contributed by atoms with Gasteiger partial charge in [-0.15, -0.1) is 0 Å². The largest absolute Gasteiger partial charge is 0.392 e. The van der Waals surface area contributed by atoms with Gasteiger partial charge in [-0.1, -0.05) is 13.8 Å². The van der Waals surface area contributed by atoms with Gasteiger partial charge in [0.1, 0.15) is 0 Å². The molecular formula is C12H26N2O. The maximum absolute atomic E-state index is 9.80. The van der Waals surface area contributed by atoms with Crippen molar-refractivity contribution < 1.29 is 5.11 Å². The number of aliphatic hydroxyl groups is 1. The standard InChI is InChI=1S/C12H26N2O/c1-10(2)12(15)9-13-5-7-14(8-6-13)11(3)4/h10-12,15H,5-9H2,1-4H3. The van der Waals surface area contributed by atoms with Crippen molar-refractivity contribution in [2.45, 2.75) is 39.8 Å². The van der Waals surface area contributed by atoms with Crippen molar-refractivity contribution in [1.29, 1.82) is 0 Å². The number of hydrogen-bond donors (Lipinski definition) is 1. The van der Waals surface area contributed by atoms with Crippen LogP contribution < -0.4 is 0 Å². The van der Waals surface area contributed by atoms with Crippen LogP contribution in [0.15, 0.2) is 0 Å². The van der Waals surface area contributed by atoms with Gasteiger partial charge in [-0.3, -0.25) is 9.80 Å². The average Bonchev–Trinajstić information content (AvgIpc) is 2.18. The average molecular weight is 214 g/mol. The third-order valence-corrected chi connectivity index (χ3v) is 3.35. The fraction of sp³-hybridized carbons (Fsp3) is 1.00. The van der Waals surface area contributed by atoms with Crippen molar-refractivity contribution in [2.24, 2.45) is 5.92 Å². The molecule has 1 fully saturated rings. The van der Waals surface area contributed by atoms with Gasteiger partial charge in [0, 0.05) is 38.8 Å². The summed E-state index contributed by atoms with van der Waals surface area (Å²) in [4.78, 5) is 4.88. The molecule has 0 aromatic carbocycles. The molecule has 3 heteroatoms. The van der Waals surface area contributed by atoms with E-state index >= 15 is 0 Å². The first kappa shape index (κ1) is 12.9. The predicted octanol–water partition coefficient (Wildman–Crippen LogP) is 1.03. The molecule has 1 heterocycles. The van der Waals surface area contributed by atoms with E-state index in [1.807, 2.05) is 0 Å². The molecular weight excluding hydrogens is 188 g/mol. The molecule has 3 nitrogen and oxygen atoms in total. The van der Waals surface area contributed by atoms with Crippen LogP contribution in [0.2, 0.25) is 0 Å². The van der Waals surface area contributed by atoms with Gasteiger partial charge in [0.05, 0.1) is 6.10 Å². The number of hydrogen-bond acceptors (Lipinski definition) is 3. The zero-order valence-corrected chi connectivity index (χ0v) is 10.6. The summed E-state index contributed by atoms with van der Waals surface area (Å²) in [6.07, 6.45) is -0.171. The number of piperazine rings is 1. The normalized spacial score (nSPS) is 22.6. The molecule has 1 N–H and O–H groups in total. The molecule has 0 radical (unpaired) electrons. The third-order valence-electron chi connectivity index (χ3n) is 3.35. The van der Waals surface area contributed by atoms with Crippen molar-refractivity contribution in [3.05, 3.63) is 0 Å². The van der Waals surface area contributed by atoms with E-state index in [4.69, 9.17) is 0 Å². The highest BCUT2D eigenvalue weighted by atomic mass is 16.3. The lowest BCUT2D eigenvalue weighted by molar-refractivity contribution is 0.0429. The predicted molar refractivity (Wildman–Crippen MR) is 64.0 cm³/mol. The van der Waals surface area contributed by atoms with E-state index in [0.29, 0.717) is 12.0 Å². The van der Waals surface area contributed by atoms with Crippen LogP contribution in [-0.4, -0.2) is 59.8 Å². The highest BCUT2D eigenvalue weighted by molar-refractivity contribution is 4.76. The van der Waals surface area contributed by atoms with Crippen molar-refractivity contribution in [1.82, 2.24) is 9.80 Å². The molecule has 0 bridgehead atoms. The van der Waals surface area contributed by atoms with Crippen LogP contribution in [0.4, 0.5) is 0 Å².